The van der Waals surface area contributed by atoms with E-state index in [0.29, 0.717) is 18.4 Å². The van der Waals surface area contributed by atoms with E-state index < -0.39 is 35.3 Å². The van der Waals surface area contributed by atoms with E-state index >= 15 is 0 Å². The summed E-state index contributed by atoms with van der Waals surface area (Å²) in [5, 5.41) is 32.3. The minimum Gasteiger partial charge on any atom is -0.493 e. The Morgan fingerprint density at radius 1 is 1.00 bits per heavy atom. The SMILES string of the molecule is COc1cc(CC(=O)O)cc(OC)c1OC1CCN(CC(O)(c2cn(Cc3ccccc3)c3cc([N+](=O)[O-])ccc23)C(F)(F)F)CC1. The molecule has 47 heavy (non-hydrogen) atoms. The van der Waals surface area contributed by atoms with Crippen LogP contribution in [0.3, 0.4) is 0 Å². The van der Waals surface area contributed by atoms with Crippen LogP contribution in [0.1, 0.15) is 29.5 Å². The molecule has 2 N–H and O–H groups in total. The third-order valence-electron chi connectivity index (χ3n) is 8.33. The molecule has 4 aromatic rings. The van der Waals surface area contributed by atoms with Gasteiger partial charge in [0.15, 0.2) is 11.5 Å². The van der Waals surface area contributed by atoms with Gasteiger partial charge in [-0.05, 0) is 42.2 Å². The van der Waals surface area contributed by atoms with Gasteiger partial charge >= 0.3 is 12.1 Å². The number of nitrogens with zero attached hydrogens (tertiary/aromatic N) is 3. The van der Waals surface area contributed by atoms with Crippen LogP contribution in [0, 0.1) is 10.1 Å². The monoisotopic (exact) mass is 657 g/mol. The third-order valence-corrected chi connectivity index (χ3v) is 8.33. The van der Waals surface area contributed by atoms with Crippen LogP contribution in [-0.2, 0) is 23.4 Å². The molecule has 1 aliphatic rings. The Labute approximate surface area is 267 Å². The summed E-state index contributed by atoms with van der Waals surface area (Å²) < 4.78 is 63.1. The first-order valence-corrected chi connectivity index (χ1v) is 14.8. The molecule has 1 saturated heterocycles. The standard InChI is InChI=1S/C33H34F3N3O8/c1-45-28-14-22(16-30(40)41)15-29(46-2)31(28)47-24-10-12-37(13-11-24)20-32(42,33(34,35)36)26-19-38(18-21-6-4-3-5-7-21)27-17-23(39(43)44)8-9-25(26)27/h3-9,14-15,17,19,24,42H,10-13,16,18,20H2,1-2H3,(H,40,41). The number of hydrogen-bond acceptors (Lipinski definition) is 8. The summed E-state index contributed by atoms with van der Waals surface area (Å²) in [5.74, 6) is -0.242. The van der Waals surface area contributed by atoms with Crippen molar-refractivity contribution in [2.24, 2.45) is 0 Å². The van der Waals surface area contributed by atoms with E-state index in [9.17, 15) is 33.2 Å². The number of ether oxygens (including phenoxy) is 3. The van der Waals surface area contributed by atoms with Crippen molar-refractivity contribution >= 4 is 22.6 Å². The second kappa shape index (κ2) is 13.5. The molecule has 250 valence electrons. The van der Waals surface area contributed by atoms with Gasteiger partial charge in [-0.1, -0.05) is 30.3 Å². The fraction of sp³-hybridized carbons (Fsp3) is 0.364. The van der Waals surface area contributed by atoms with Gasteiger partial charge in [0.25, 0.3) is 5.69 Å². The minimum atomic E-state index is -5.08. The van der Waals surface area contributed by atoms with E-state index in [1.165, 1.54) is 54.1 Å². The Hall–Kier alpha value is -4.82. The number of non-ortho nitro benzene ring substituents is 1. The molecule has 3 aromatic carbocycles. The van der Waals surface area contributed by atoms with Gasteiger partial charge in [0.1, 0.15) is 6.10 Å². The van der Waals surface area contributed by atoms with Crippen LogP contribution in [0.25, 0.3) is 10.9 Å². The van der Waals surface area contributed by atoms with E-state index in [-0.39, 0.29) is 65.5 Å². The molecule has 1 unspecified atom stereocenters. The first-order valence-electron chi connectivity index (χ1n) is 14.8. The normalized spacial score (nSPS) is 15.7. The first-order chi connectivity index (χ1) is 22.3. The largest absolute Gasteiger partial charge is 0.493 e. The summed E-state index contributed by atoms with van der Waals surface area (Å²) in [5.41, 5.74) is -2.54. The molecular weight excluding hydrogens is 623 g/mol. The number of alkyl halides is 3. The fourth-order valence-electron chi connectivity index (χ4n) is 5.96. The second-order valence-corrected chi connectivity index (χ2v) is 11.5. The number of aromatic nitrogens is 1. The number of benzene rings is 3. The van der Waals surface area contributed by atoms with Crippen molar-refractivity contribution in [2.75, 3.05) is 33.9 Å². The van der Waals surface area contributed by atoms with Crippen molar-refractivity contribution in [3.63, 3.8) is 0 Å². The van der Waals surface area contributed by atoms with Gasteiger partial charge in [-0.2, -0.15) is 13.2 Å². The van der Waals surface area contributed by atoms with Gasteiger partial charge < -0.3 is 29.0 Å². The van der Waals surface area contributed by atoms with Gasteiger partial charge in [0, 0.05) is 55.5 Å². The van der Waals surface area contributed by atoms with Crippen molar-refractivity contribution in [3.05, 3.63) is 93.7 Å². The predicted molar refractivity (Wildman–Crippen MR) is 165 cm³/mol. The predicted octanol–water partition coefficient (Wildman–Crippen LogP) is 5.54. The molecule has 2 heterocycles. The maximum Gasteiger partial charge on any atom is 0.422 e. The number of carboxylic acids is 1. The molecule has 14 heteroatoms. The molecule has 0 bridgehead atoms. The number of nitro groups is 1. The third kappa shape index (κ3) is 7.13. The number of piperidine rings is 1. The zero-order chi connectivity index (χ0) is 33.9. The number of rotatable bonds is 12. The quantitative estimate of drug-likeness (QED) is 0.149. The Morgan fingerprint density at radius 3 is 2.19 bits per heavy atom. The van der Waals surface area contributed by atoms with Gasteiger partial charge in [-0.3, -0.25) is 19.8 Å². The molecule has 5 rings (SSSR count). The fourth-order valence-corrected chi connectivity index (χ4v) is 5.96. The molecule has 0 radical (unpaired) electrons. The lowest BCUT2D eigenvalue weighted by molar-refractivity contribution is -0.384. The topological polar surface area (TPSA) is 137 Å². The number of carbonyl (C=O) groups is 1. The molecule has 11 nitrogen and oxygen atoms in total. The summed E-state index contributed by atoms with van der Waals surface area (Å²) in [4.78, 5) is 23.6. The second-order valence-electron chi connectivity index (χ2n) is 11.5. The maximum atomic E-state index is 14.9. The number of aliphatic hydroxyl groups is 1. The Balaban J connectivity index is 1.39. The Bertz CT molecular complexity index is 1730. The van der Waals surface area contributed by atoms with E-state index in [1.807, 2.05) is 0 Å². The van der Waals surface area contributed by atoms with Crippen LogP contribution in [0.4, 0.5) is 18.9 Å². The number of nitro benzene ring substituents is 1. The van der Waals surface area contributed by atoms with E-state index in [1.54, 1.807) is 30.3 Å². The smallest absolute Gasteiger partial charge is 0.422 e. The molecular formula is C33H34F3N3O8. The summed E-state index contributed by atoms with van der Waals surface area (Å²) in [6, 6.07) is 15.6. The maximum absolute atomic E-state index is 14.9. The molecule has 0 amide bonds. The molecule has 1 aliphatic heterocycles. The molecule has 1 atom stereocenters. The highest BCUT2D eigenvalue weighted by Gasteiger charge is 2.57. The number of likely N-dealkylation sites (tertiary alicyclic amines) is 1. The van der Waals surface area contributed by atoms with Crippen LogP contribution >= 0.6 is 0 Å². The molecule has 0 aliphatic carbocycles. The summed E-state index contributed by atoms with van der Waals surface area (Å²) in [7, 11) is 2.81. The summed E-state index contributed by atoms with van der Waals surface area (Å²) in [6.07, 6.45) is -3.89. The van der Waals surface area contributed by atoms with Crippen molar-refractivity contribution in [2.45, 2.75) is 43.7 Å². The lowest BCUT2D eigenvalue weighted by atomic mass is 9.91. The Kier molecular flexibility index (Phi) is 9.63. The summed E-state index contributed by atoms with van der Waals surface area (Å²) >= 11 is 0. The molecule has 1 fully saturated rings. The van der Waals surface area contributed by atoms with Gasteiger partial charge in [0.2, 0.25) is 11.4 Å². The molecule has 1 aromatic heterocycles. The summed E-state index contributed by atoms with van der Waals surface area (Å²) in [6.45, 7) is -0.293. The van der Waals surface area contributed by atoms with Crippen LogP contribution in [0.2, 0.25) is 0 Å². The van der Waals surface area contributed by atoms with Crippen molar-refractivity contribution in [1.29, 1.82) is 0 Å². The average molecular weight is 658 g/mol. The number of hydrogen-bond donors (Lipinski definition) is 2. The number of methoxy groups -OCH3 is 2. The van der Waals surface area contributed by atoms with Gasteiger partial charge in [0.05, 0.1) is 31.1 Å². The molecule has 0 saturated carbocycles. The average Bonchev–Trinajstić information content (AvgIpc) is 3.39. The number of β-amino-alcohol motifs (C(OH)–C–C–N with tert-alkyl or cyclic N) is 1. The number of carboxylic acid groups (broad SMARTS) is 1. The number of halogens is 3. The first kappa shape index (κ1) is 33.5. The van der Waals surface area contributed by atoms with E-state index in [0.717, 1.165) is 11.6 Å². The van der Waals surface area contributed by atoms with Crippen LogP contribution < -0.4 is 14.2 Å². The van der Waals surface area contributed by atoms with Gasteiger partial charge in [-0.15, -0.1) is 0 Å². The van der Waals surface area contributed by atoms with Crippen LogP contribution in [-0.4, -0.2) is 76.7 Å². The highest BCUT2D eigenvalue weighted by atomic mass is 19.4. The Morgan fingerprint density at radius 2 is 1.64 bits per heavy atom. The van der Waals surface area contributed by atoms with Crippen molar-refractivity contribution < 1.29 is 47.3 Å². The van der Waals surface area contributed by atoms with E-state index in [2.05, 4.69) is 0 Å². The molecule has 0 spiro atoms. The van der Waals surface area contributed by atoms with E-state index in [4.69, 9.17) is 19.3 Å². The highest BCUT2D eigenvalue weighted by Crippen LogP contribution is 2.45. The van der Waals surface area contributed by atoms with Crippen LogP contribution in [0.5, 0.6) is 17.2 Å². The van der Waals surface area contributed by atoms with Crippen LogP contribution in [0.15, 0.2) is 66.9 Å². The van der Waals surface area contributed by atoms with Crippen molar-refractivity contribution in [3.8, 4) is 17.2 Å². The zero-order valence-electron chi connectivity index (χ0n) is 25.7. The lowest BCUT2D eigenvalue weighted by Gasteiger charge is -2.39. The highest BCUT2D eigenvalue weighted by molar-refractivity contribution is 5.87. The minimum absolute atomic E-state index is 0.0649. The van der Waals surface area contributed by atoms with Crippen molar-refractivity contribution in [1.82, 2.24) is 9.47 Å². The number of aliphatic carboxylic acids is 1. The van der Waals surface area contributed by atoms with Gasteiger partial charge in [-0.25, -0.2) is 0 Å². The number of fused-ring (bicyclic) bond motifs is 1. The zero-order valence-corrected chi connectivity index (χ0v) is 25.7. The lowest BCUT2D eigenvalue weighted by Crippen LogP contribution is -2.53.